The molecule has 22 heavy (non-hydrogen) atoms. The van der Waals surface area contributed by atoms with Gasteiger partial charge in [0.1, 0.15) is 11.5 Å². The highest BCUT2D eigenvalue weighted by molar-refractivity contribution is 6.61. The van der Waals surface area contributed by atoms with Crippen molar-refractivity contribution in [3.63, 3.8) is 0 Å². The zero-order valence-corrected chi connectivity index (χ0v) is 11.1. The summed E-state index contributed by atoms with van der Waals surface area (Å²) in [5.41, 5.74) is 1.27. The Morgan fingerprint density at radius 1 is 1.00 bits per heavy atom. The van der Waals surface area contributed by atoms with Crippen molar-refractivity contribution < 1.29 is 32.3 Å². The second kappa shape index (κ2) is 5.55. The van der Waals surface area contributed by atoms with Crippen LogP contribution in [0.4, 0.5) is 13.2 Å². The van der Waals surface area contributed by atoms with Gasteiger partial charge >= 0.3 is 13.5 Å². The summed E-state index contributed by atoms with van der Waals surface area (Å²) < 4.78 is 50.8. The summed E-state index contributed by atoms with van der Waals surface area (Å²) >= 11 is 0. The lowest BCUT2D eigenvalue weighted by atomic mass is 9.80. The van der Waals surface area contributed by atoms with Crippen molar-refractivity contribution in [2.45, 2.75) is 12.7 Å². The number of hydrogen-bond acceptors (Lipinski definition) is 4. The van der Waals surface area contributed by atoms with E-state index in [0.29, 0.717) is 16.8 Å². The topological polar surface area (TPSA) is 47.9 Å². The van der Waals surface area contributed by atoms with Crippen LogP contribution in [-0.4, -0.2) is 18.5 Å². The normalized spacial score (nSPS) is 17.3. The number of benzene rings is 2. The fourth-order valence-electron chi connectivity index (χ4n) is 2.15. The zero-order chi connectivity index (χ0) is 15.7. The average Bonchev–Trinajstić information content (AvgIpc) is 2.77. The predicted octanol–water partition coefficient (Wildman–Crippen LogP) is 2.38. The highest BCUT2D eigenvalue weighted by Crippen LogP contribution is 2.29. The lowest BCUT2D eigenvalue weighted by molar-refractivity contribution is -0.274. The second-order valence-corrected chi connectivity index (χ2v) is 4.59. The van der Waals surface area contributed by atoms with Crippen LogP contribution < -0.4 is 14.9 Å². The molecule has 114 valence electrons. The van der Waals surface area contributed by atoms with Crippen molar-refractivity contribution in [3.05, 3.63) is 54.1 Å². The number of halogens is 3. The number of ether oxygens (including phenoxy) is 2. The number of hydrogen-bond donors (Lipinski definition) is 1. The summed E-state index contributed by atoms with van der Waals surface area (Å²) in [4.78, 5) is 0. The quantitative estimate of drug-likeness (QED) is 0.884. The van der Waals surface area contributed by atoms with Gasteiger partial charge in [-0.1, -0.05) is 24.3 Å². The lowest BCUT2D eigenvalue weighted by Crippen LogP contribution is -2.27. The van der Waals surface area contributed by atoms with E-state index in [-0.39, 0.29) is 5.75 Å². The highest BCUT2D eigenvalue weighted by atomic mass is 19.4. The van der Waals surface area contributed by atoms with E-state index in [0.717, 1.165) is 12.1 Å². The summed E-state index contributed by atoms with van der Waals surface area (Å²) in [7, 11) is -1.09. The molecule has 4 nitrogen and oxygen atoms in total. The Morgan fingerprint density at radius 2 is 1.64 bits per heavy atom. The molecule has 8 heteroatoms. The maximum absolute atomic E-state index is 12.1. The molecule has 1 aliphatic heterocycles. The van der Waals surface area contributed by atoms with Crippen LogP contribution in [0.2, 0.25) is 0 Å². The minimum absolute atomic E-state index is 0.295. The van der Waals surface area contributed by atoms with Gasteiger partial charge in [-0.15, -0.1) is 13.2 Å². The molecule has 0 saturated carbocycles. The molecular formula is C14H10BF3O4. The third kappa shape index (κ3) is 3.18. The van der Waals surface area contributed by atoms with E-state index in [1.807, 2.05) is 0 Å². The van der Waals surface area contributed by atoms with Crippen LogP contribution >= 0.6 is 0 Å². The molecule has 1 atom stereocenters. The molecule has 1 heterocycles. The van der Waals surface area contributed by atoms with Crippen molar-refractivity contribution in [1.82, 2.24) is 0 Å². The van der Waals surface area contributed by atoms with Crippen LogP contribution in [-0.2, 0) is 4.65 Å². The van der Waals surface area contributed by atoms with E-state index < -0.39 is 19.8 Å². The van der Waals surface area contributed by atoms with Crippen LogP contribution in [0.1, 0.15) is 11.9 Å². The molecule has 0 amide bonds. The minimum Gasteiger partial charge on any atom is -0.462 e. The fourth-order valence-corrected chi connectivity index (χ4v) is 2.15. The third-order valence-corrected chi connectivity index (χ3v) is 3.07. The second-order valence-electron chi connectivity index (χ2n) is 4.59. The molecule has 1 unspecified atom stereocenters. The SMILES string of the molecule is OB1OC(Oc2ccc(OC(F)(F)F)cc2)c2ccccc21. The highest BCUT2D eigenvalue weighted by Gasteiger charge is 2.36. The van der Waals surface area contributed by atoms with Gasteiger partial charge in [-0.25, -0.2) is 0 Å². The molecule has 0 saturated heterocycles. The largest absolute Gasteiger partial charge is 0.573 e. The van der Waals surface area contributed by atoms with Gasteiger partial charge in [0.2, 0.25) is 6.29 Å². The Balaban J connectivity index is 1.72. The fraction of sp³-hybridized carbons (Fsp3) is 0.143. The molecule has 1 aliphatic rings. The first-order valence-electron chi connectivity index (χ1n) is 6.37. The van der Waals surface area contributed by atoms with E-state index in [4.69, 9.17) is 9.39 Å². The predicted molar refractivity (Wildman–Crippen MR) is 71.6 cm³/mol. The average molecular weight is 310 g/mol. The van der Waals surface area contributed by atoms with E-state index in [9.17, 15) is 18.2 Å². The van der Waals surface area contributed by atoms with Crippen molar-refractivity contribution in [1.29, 1.82) is 0 Å². The van der Waals surface area contributed by atoms with Gasteiger partial charge in [0.25, 0.3) is 0 Å². The maximum atomic E-state index is 12.1. The van der Waals surface area contributed by atoms with Crippen LogP contribution in [0.15, 0.2) is 48.5 Å². The first-order valence-corrected chi connectivity index (χ1v) is 6.37. The van der Waals surface area contributed by atoms with Gasteiger partial charge in [-0.2, -0.15) is 0 Å². The van der Waals surface area contributed by atoms with Gasteiger partial charge in [0.15, 0.2) is 0 Å². The molecule has 2 aromatic rings. The number of alkyl halides is 3. The van der Waals surface area contributed by atoms with Gasteiger partial charge in [0.05, 0.1) is 0 Å². The summed E-state index contributed by atoms with van der Waals surface area (Å²) in [6.07, 6.45) is -5.56. The Bertz CT molecular complexity index is 660. The first-order chi connectivity index (χ1) is 10.4. The molecule has 0 bridgehead atoms. The van der Waals surface area contributed by atoms with Crippen LogP contribution in [0.3, 0.4) is 0 Å². The van der Waals surface area contributed by atoms with Gasteiger partial charge in [-0.3, -0.25) is 0 Å². The number of rotatable bonds is 3. The lowest BCUT2D eigenvalue weighted by Gasteiger charge is -2.15. The summed E-state index contributed by atoms with van der Waals surface area (Å²) in [5, 5.41) is 9.75. The van der Waals surface area contributed by atoms with Crippen LogP contribution in [0.5, 0.6) is 11.5 Å². The van der Waals surface area contributed by atoms with Crippen molar-refractivity contribution in [2.75, 3.05) is 0 Å². The van der Waals surface area contributed by atoms with E-state index in [1.54, 1.807) is 24.3 Å². The Morgan fingerprint density at radius 3 is 2.32 bits per heavy atom. The minimum atomic E-state index is -4.74. The molecule has 1 N–H and O–H groups in total. The monoisotopic (exact) mass is 310 g/mol. The van der Waals surface area contributed by atoms with Crippen LogP contribution in [0.25, 0.3) is 0 Å². The van der Waals surface area contributed by atoms with Gasteiger partial charge in [0, 0.05) is 5.56 Å². The Labute approximate surface area is 124 Å². The smallest absolute Gasteiger partial charge is 0.462 e. The molecule has 0 radical (unpaired) electrons. The Kier molecular flexibility index (Phi) is 3.72. The zero-order valence-electron chi connectivity index (χ0n) is 11.1. The molecule has 0 fully saturated rings. The van der Waals surface area contributed by atoms with Crippen molar-refractivity contribution >= 4 is 12.6 Å². The van der Waals surface area contributed by atoms with Crippen molar-refractivity contribution in [2.24, 2.45) is 0 Å². The van der Waals surface area contributed by atoms with Crippen molar-refractivity contribution in [3.8, 4) is 11.5 Å². The summed E-state index contributed by atoms with van der Waals surface area (Å²) in [6, 6.07) is 11.9. The molecule has 3 rings (SSSR count). The number of fused-ring (bicyclic) bond motifs is 1. The summed E-state index contributed by atoms with van der Waals surface area (Å²) in [6.45, 7) is 0. The molecular weight excluding hydrogens is 300 g/mol. The first kappa shape index (κ1) is 14.7. The van der Waals surface area contributed by atoms with Crippen LogP contribution in [0, 0.1) is 0 Å². The van der Waals surface area contributed by atoms with E-state index in [2.05, 4.69) is 4.74 Å². The van der Waals surface area contributed by atoms with Gasteiger partial charge < -0.3 is 19.2 Å². The molecule has 0 spiro atoms. The van der Waals surface area contributed by atoms with E-state index in [1.165, 1.54) is 12.1 Å². The standard InChI is InChI=1S/C14H10BF3O4/c16-14(17,18)21-10-7-5-9(6-8-10)20-13-11-3-1-2-4-12(11)15(19)22-13/h1-8,13,19H. The molecule has 0 aliphatic carbocycles. The Hall–Kier alpha value is -2.19. The van der Waals surface area contributed by atoms with E-state index >= 15 is 0 Å². The summed E-state index contributed by atoms with van der Waals surface area (Å²) in [5.74, 6) is -0.0453. The molecule has 0 aromatic heterocycles. The maximum Gasteiger partial charge on any atom is 0.573 e. The third-order valence-electron chi connectivity index (χ3n) is 3.07. The molecule has 2 aromatic carbocycles. The van der Waals surface area contributed by atoms with Gasteiger partial charge in [-0.05, 0) is 29.7 Å².